The van der Waals surface area contributed by atoms with Crippen molar-refractivity contribution in [1.29, 1.82) is 0 Å². The van der Waals surface area contributed by atoms with Crippen LogP contribution in [0.2, 0.25) is 0 Å². The molecule has 0 aliphatic carbocycles. The van der Waals surface area contributed by atoms with Crippen LogP contribution in [0, 0.1) is 0 Å². The lowest BCUT2D eigenvalue weighted by molar-refractivity contribution is -0.144. The molecule has 7 heteroatoms. The van der Waals surface area contributed by atoms with Crippen molar-refractivity contribution in [1.82, 2.24) is 4.90 Å². The van der Waals surface area contributed by atoms with Gasteiger partial charge in [0.25, 0.3) is 5.91 Å². The van der Waals surface area contributed by atoms with E-state index in [-0.39, 0.29) is 12.5 Å². The zero-order chi connectivity index (χ0) is 20.3. The van der Waals surface area contributed by atoms with E-state index < -0.39 is 17.9 Å². The molecule has 0 radical (unpaired) electrons. The Labute approximate surface area is 164 Å². The second-order valence-electron chi connectivity index (χ2n) is 6.43. The van der Waals surface area contributed by atoms with Crippen molar-refractivity contribution >= 4 is 11.9 Å². The maximum atomic E-state index is 13.2. The highest BCUT2D eigenvalue weighted by atomic mass is 16.5. The number of esters is 1. The standard InChI is InChI=1S/C21H24N2O5/c1-26-13-8-9-16(17(12-13)27-2)19-18(21(25)28-3)14-6-4-5-7-15(14)20(24)23(19)11-10-22/h4-9,12,18-19H,10-11,22H2,1-3H3. The summed E-state index contributed by atoms with van der Waals surface area (Å²) in [4.78, 5) is 27.7. The van der Waals surface area contributed by atoms with Gasteiger partial charge in [0.15, 0.2) is 0 Å². The van der Waals surface area contributed by atoms with E-state index in [9.17, 15) is 9.59 Å². The maximum absolute atomic E-state index is 13.2. The summed E-state index contributed by atoms with van der Waals surface area (Å²) in [6.45, 7) is 0.553. The summed E-state index contributed by atoms with van der Waals surface area (Å²) in [5.74, 6) is -0.169. The molecular formula is C21H24N2O5. The summed E-state index contributed by atoms with van der Waals surface area (Å²) >= 11 is 0. The number of ether oxygens (including phenoxy) is 3. The number of nitrogens with two attached hydrogens (primary N) is 1. The van der Waals surface area contributed by atoms with Gasteiger partial charge in [-0.25, -0.2) is 0 Å². The minimum Gasteiger partial charge on any atom is -0.497 e. The molecule has 2 aromatic rings. The maximum Gasteiger partial charge on any atom is 0.315 e. The van der Waals surface area contributed by atoms with Crippen LogP contribution in [-0.4, -0.2) is 51.2 Å². The number of methoxy groups -OCH3 is 3. The van der Waals surface area contributed by atoms with Crippen molar-refractivity contribution in [3.05, 3.63) is 59.2 Å². The van der Waals surface area contributed by atoms with Gasteiger partial charge in [-0.2, -0.15) is 0 Å². The lowest BCUT2D eigenvalue weighted by atomic mass is 9.79. The molecule has 0 fully saturated rings. The molecular weight excluding hydrogens is 360 g/mol. The smallest absolute Gasteiger partial charge is 0.315 e. The summed E-state index contributed by atoms with van der Waals surface area (Å²) < 4.78 is 15.9. The fourth-order valence-electron chi connectivity index (χ4n) is 3.77. The number of carbonyl (C=O) groups excluding carboxylic acids is 2. The molecule has 1 amide bonds. The molecule has 0 bridgehead atoms. The molecule has 3 rings (SSSR count). The van der Waals surface area contributed by atoms with E-state index in [4.69, 9.17) is 19.9 Å². The van der Waals surface area contributed by atoms with E-state index >= 15 is 0 Å². The first-order valence-electron chi connectivity index (χ1n) is 8.97. The van der Waals surface area contributed by atoms with Gasteiger partial charge in [0.2, 0.25) is 0 Å². The van der Waals surface area contributed by atoms with Crippen LogP contribution < -0.4 is 15.2 Å². The van der Waals surface area contributed by atoms with Crippen LogP contribution in [0.25, 0.3) is 0 Å². The van der Waals surface area contributed by atoms with Crippen molar-refractivity contribution in [2.75, 3.05) is 34.4 Å². The van der Waals surface area contributed by atoms with Crippen molar-refractivity contribution in [2.45, 2.75) is 12.0 Å². The van der Waals surface area contributed by atoms with E-state index in [0.717, 1.165) is 0 Å². The Kier molecular flexibility index (Phi) is 5.84. The van der Waals surface area contributed by atoms with Crippen molar-refractivity contribution in [3.8, 4) is 11.5 Å². The third-order valence-corrected chi connectivity index (χ3v) is 5.02. The summed E-state index contributed by atoms with van der Waals surface area (Å²) in [7, 11) is 4.45. The number of hydrogen-bond donors (Lipinski definition) is 1. The topological polar surface area (TPSA) is 91.1 Å². The predicted molar refractivity (Wildman–Crippen MR) is 104 cm³/mol. The van der Waals surface area contributed by atoms with Crippen LogP contribution in [0.15, 0.2) is 42.5 Å². The predicted octanol–water partition coefficient (Wildman–Crippen LogP) is 2.12. The van der Waals surface area contributed by atoms with Gasteiger partial charge in [-0.3, -0.25) is 9.59 Å². The van der Waals surface area contributed by atoms with Gasteiger partial charge in [-0.05, 0) is 23.8 Å². The lowest BCUT2D eigenvalue weighted by Crippen LogP contribution is -2.47. The first kappa shape index (κ1) is 19.7. The van der Waals surface area contributed by atoms with Crippen LogP contribution >= 0.6 is 0 Å². The van der Waals surface area contributed by atoms with E-state index in [1.54, 1.807) is 42.3 Å². The van der Waals surface area contributed by atoms with Crippen LogP contribution in [0.4, 0.5) is 0 Å². The molecule has 0 saturated carbocycles. The van der Waals surface area contributed by atoms with E-state index in [1.165, 1.54) is 14.2 Å². The lowest BCUT2D eigenvalue weighted by Gasteiger charge is -2.41. The minimum absolute atomic E-state index is 0.177. The Morgan fingerprint density at radius 2 is 1.82 bits per heavy atom. The summed E-state index contributed by atoms with van der Waals surface area (Å²) in [5, 5.41) is 0. The number of nitrogens with zero attached hydrogens (tertiary/aromatic N) is 1. The zero-order valence-corrected chi connectivity index (χ0v) is 16.2. The van der Waals surface area contributed by atoms with Gasteiger partial charge in [-0.15, -0.1) is 0 Å². The molecule has 28 heavy (non-hydrogen) atoms. The SMILES string of the molecule is COC(=O)C1c2ccccc2C(=O)N(CCN)C1c1ccc(OC)cc1OC. The molecule has 2 atom stereocenters. The normalized spacial score (nSPS) is 18.4. The van der Waals surface area contributed by atoms with Gasteiger partial charge in [-0.1, -0.05) is 18.2 Å². The molecule has 1 aliphatic rings. The molecule has 7 nitrogen and oxygen atoms in total. The molecule has 0 aromatic heterocycles. The van der Waals surface area contributed by atoms with Crippen molar-refractivity contribution in [3.63, 3.8) is 0 Å². The zero-order valence-electron chi connectivity index (χ0n) is 16.2. The molecule has 148 valence electrons. The van der Waals surface area contributed by atoms with E-state index in [2.05, 4.69) is 0 Å². The minimum atomic E-state index is -0.701. The highest BCUT2D eigenvalue weighted by molar-refractivity contribution is 6.00. The number of benzene rings is 2. The van der Waals surface area contributed by atoms with Crippen LogP contribution in [0.1, 0.15) is 33.4 Å². The van der Waals surface area contributed by atoms with Crippen LogP contribution in [0.5, 0.6) is 11.5 Å². The first-order valence-corrected chi connectivity index (χ1v) is 8.97. The number of amides is 1. The quantitative estimate of drug-likeness (QED) is 0.767. The molecule has 1 heterocycles. The Morgan fingerprint density at radius 3 is 2.46 bits per heavy atom. The van der Waals surface area contributed by atoms with E-state index in [0.29, 0.717) is 34.7 Å². The molecule has 1 aliphatic heterocycles. The Bertz CT molecular complexity index is 883. The average Bonchev–Trinajstić information content (AvgIpc) is 2.74. The Balaban J connectivity index is 2.25. The Morgan fingerprint density at radius 1 is 1.07 bits per heavy atom. The van der Waals surface area contributed by atoms with E-state index in [1.807, 2.05) is 12.1 Å². The number of hydrogen-bond acceptors (Lipinski definition) is 6. The summed E-state index contributed by atoms with van der Waals surface area (Å²) in [6.07, 6.45) is 0. The van der Waals surface area contributed by atoms with Gasteiger partial charge >= 0.3 is 5.97 Å². The second kappa shape index (κ2) is 8.31. The fraction of sp³-hybridized carbons (Fsp3) is 0.333. The van der Waals surface area contributed by atoms with Crippen LogP contribution in [-0.2, 0) is 9.53 Å². The second-order valence-corrected chi connectivity index (χ2v) is 6.43. The third-order valence-electron chi connectivity index (χ3n) is 5.02. The van der Waals surface area contributed by atoms with Gasteiger partial charge in [0, 0.05) is 30.3 Å². The number of carbonyl (C=O) groups is 2. The number of fused-ring (bicyclic) bond motifs is 1. The van der Waals surface area contributed by atoms with Gasteiger partial charge in [0.05, 0.1) is 27.4 Å². The summed E-state index contributed by atoms with van der Waals surface area (Å²) in [5.41, 5.74) is 7.60. The van der Waals surface area contributed by atoms with Crippen LogP contribution in [0.3, 0.4) is 0 Å². The molecule has 2 aromatic carbocycles. The third kappa shape index (κ3) is 3.29. The van der Waals surface area contributed by atoms with Gasteiger partial charge in [0.1, 0.15) is 17.4 Å². The largest absolute Gasteiger partial charge is 0.497 e. The average molecular weight is 384 g/mol. The van der Waals surface area contributed by atoms with Crippen molar-refractivity contribution in [2.24, 2.45) is 5.73 Å². The molecule has 0 spiro atoms. The van der Waals surface area contributed by atoms with Crippen molar-refractivity contribution < 1.29 is 23.8 Å². The highest BCUT2D eigenvalue weighted by Crippen LogP contribution is 2.46. The molecule has 0 saturated heterocycles. The van der Waals surface area contributed by atoms with Gasteiger partial charge < -0.3 is 24.8 Å². The number of rotatable bonds is 6. The highest BCUT2D eigenvalue weighted by Gasteiger charge is 2.45. The first-order chi connectivity index (χ1) is 13.6. The Hall–Kier alpha value is -3.06. The summed E-state index contributed by atoms with van der Waals surface area (Å²) in [6, 6.07) is 11.8. The molecule has 2 N–H and O–H groups in total. The monoisotopic (exact) mass is 384 g/mol. The fourth-order valence-corrected chi connectivity index (χ4v) is 3.77. The molecule has 2 unspecified atom stereocenters.